The lowest BCUT2D eigenvalue weighted by atomic mass is 10.1. The normalized spacial score (nSPS) is 10.4. The van der Waals surface area contributed by atoms with Gasteiger partial charge in [-0.15, -0.1) is 0 Å². The Kier molecular flexibility index (Phi) is 5.93. The number of allylic oxidation sites excluding steroid dienone is 1. The number of nitro benzene ring substituents is 1. The highest BCUT2D eigenvalue weighted by Gasteiger charge is 2.18. The van der Waals surface area contributed by atoms with Crippen LogP contribution in [0.5, 0.6) is 0 Å². The summed E-state index contributed by atoms with van der Waals surface area (Å²) in [6.07, 6.45) is -1.11. The second-order valence-corrected chi connectivity index (χ2v) is 4.95. The average Bonchev–Trinajstić information content (AvgIpc) is 2.99. The molecule has 0 aliphatic heterocycles. The Balaban J connectivity index is 2.39. The van der Waals surface area contributed by atoms with E-state index in [1.54, 1.807) is 13.0 Å². The standard InChI is InChI=1S/C16H15F2N3O4/c1-2-25-16(22)14-10-13(19-20(14)8-4-7-15(17)18)11-5-3-6-12(9-11)21(23)24/h3,5-7,9-10H,2,4,8H2,1H3. The number of esters is 1. The van der Waals surface area contributed by atoms with E-state index in [1.165, 1.54) is 28.9 Å². The smallest absolute Gasteiger partial charge is 0.356 e. The van der Waals surface area contributed by atoms with E-state index in [-0.39, 0.29) is 31.0 Å². The first kappa shape index (κ1) is 18.2. The average molecular weight is 351 g/mol. The van der Waals surface area contributed by atoms with Crippen LogP contribution in [0.25, 0.3) is 11.3 Å². The number of ether oxygens (including phenoxy) is 1. The van der Waals surface area contributed by atoms with E-state index in [1.807, 2.05) is 0 Å². The van der Waals surface area contributed by atoms with Crippen LogP contribution in [0.2, 0.25) is 0 Å². The molecule has 0 aliphatic rings. The summed E-state index contributed by atoms with van der Waals surface area (Å²) in [6.45, 7) is 1.83. The molecular formula is C16H15F2N3O4. The van der Waals surface area contributed by atoms with Crippen LogP contribution < -0.4 is 0 Å². The highest BCUT2D eigenvalue weighted by Crippen LogP contribution is 2.24. The van der Waals surface area contributed by atoms with Gasteiger partial charge in [0, 0.05) is 24.2 Å². The molecule has 132 valence electrons. The Morgan fingerprint density at radius 1 is 1.40 bits per heavy atom. The molecule has 0 amide bonds. The summed E-state index contributed by atoms with van der Waals surface area (Å²) in [5.74, 6) is -0.642. The van der Waals surface area contributed by atoms with Crippen LogP contribution in [0.4, 0.5) is 14.5 Å². The number of nitro groups is 1. The fourth-order valence-corrected chi connectivity index (χ4v) is 2.17. The Labute approximate surface area is 141 Å². The van der Waals surface area contributed by atoms with E-state index in [2.05, 4.69) is 5.10 Å². The second-order valence-electron chi connectivity index (χ2n) is 4.95. The zero-order valence-electron chi connectivity index (χ0n) is 13.3. The number of halogens is 2. The van der Waals surface area contributed by atoms with Crippen LogP contribution in [0.1, 0.15) is 23.8 Å². The molecule has 1 aromatic heterocycles. The third-order valence-electron chi connectivity index (χ3n) is 3.26. The van der Waals surface area contributed by atoms with Gasteiger partial charge in [-0.1, -0.05) is 12.1 Å². The number of rotatable bonds is 7. The Morgan fingerprint density at radius 3 is 2.80 bits per heavy atom. The van der Waals surface area contributed by atoms with E-state index in [0.29, 0.717) is 11.3 Å². The van der Waals surface area contributed by atoms with Crippen LogP contribution in [-0.4, -0.2) is 27.3 Å². The molecule has 25 heavy (non-hydrogen) atoms. The Bertz CT molecular complexity index is 813. The summed E-state index contributed by atoms with van der Waals surface area (Å²) in [5, 5.41) is 15.1. The molecule has 0 saturated carbocycles. The van der Waals surface area contributed by atoms with Crippen LogP contribution in [0.15, 0.2) is 42.5 Å². The minimum Gasteiger partial charge on any atom is -0.461 e. The van der Waals surface area contributed by atoms with Gasteiger partial charge in [0.15, 0.2) is 0 Å². The van der Waals surface area contributed by atoms with Gasteiger partial charge in [-0.2, -0.15) is 13.9 Å². The van der Waals surface area contributed by atoms with Crippen molar-refractivity contribution in [1.82, 2.24) is 9.78 Å². The van der Waals surface area contributed by atoms with Gasteiger partial charge in [-0.25, -0.2) is 4.79 Å². The minimum absolute atomic E-state index is 0.0230. The summed E-state index contributed by atoms with van der Waals surface area (Å²) in [7, 11) is 0. The van der Waals surface area contributed by atoms with Crippen LogP contribution in [0, 0.1) is 10.1 Å². The molecule has 0 saturated heterocycles. The van der Waals surface area contributed by atoms with Crippen molar-refractivity contribution >= 4 is 11.7 Å². The van der Waals surface area contributed by atoms with Gasteiger partial charge in [-0.3, -0.25) is 14.8 Å². The fraction of sp³-hybridized carbons (Fsp3) is 0.250. The van der Waals surface area contributed by atoms with Gasteiger partial charge >= 0.3 is 5.97 Å². The number of aromatic nitrogens is 2. The molecule has 0 bridgehead atoms. The van der Waals surface area contributed by atoms with Gasteiger partial charge in [0.25, 0.3) is 11.8 Å². The summed E-state index contributed by atoms with van der Waals surface area (Å²) in [6, 6.07) is 7.18. The molecule has 2 aromatic rings. The highest BCUT2D eigenvalue weighted by molar-refractivity contribution is 5.89. The van der Waals surface area contributed by atoms with Crippen molar-refractivity contribution in [2.75, 3.05) is 6.61 Å². The van der Waals surface area contributed by atoms with Crippen molar-refractivity contribution in [2.45, 2.75) is 19.9 Å². The first-order chi connectivity index (χ1) is 11.9. The van der Waals surface area contributed by atoms with E-state index in [0.717, 1.165) is 6.08 Å². The maximum absolute atomic E-state index is 12.2. The molecule has 2 rings (SSSR count). The molecule has 1 aromatic carbocycles. The van der Waals surface area contributed by atoms with Gasteiger partial charge in [-0.05, 0) is 25.5 Å². The zero-order chi connectivity index (χ0) is 18.4. The van der Waals surface area contributed by atoms with Crippen molar-refractivity contribution in [1.29, 1.82) is 0 Å². The van der Waals surface area contributed by atoms with Crippen LogP contribution in [0.3, 0.4) is 0 Å². The number of hydrogen-bond donors (Lipinski definition) is 0. The lowest BCUT2D eigenvalue weighted by Gasteiger charge is -2.04. The van der Waals surface area contributed by atoms with Crippen molar-refractivity contribution in [3.05, 3.63) is 58.3 Å². The molecule has 0 unspecified atom stereocenters. The molecule has 0 aliphatic carbocycles. The molecule has 0 radical (unpaired) electrons. The maximum atomic E-state index is 12.2. The number of carbonyl (C=O) groups is 1. The molecule has 1 heterocycles. The van der Waals surface area contributed by atoms with E-state index < -0.39 is 17.0 Å². The lowest BCUT2D eigenvalue weighted by Crippen LogP contribution is -2.13. The predicted octanol–water partition coefficient (Wildman–Crippen LogP) is 3.81. The first-order valence-electron chi connectivity index (χ1n) is 7.43. The topological polar surface area (TPSA) is 87.3 Å². The van der Waals surface area contributed by atoms with Gasteiger partial charge in [0.2, 0.25) is 0 Å². The van der Waals surface area contributed by atoms with E-state index >= 15 is 0 Å². The zero-order valence-corrected chi connectivity index (χ0v) is 13.3. The minimum atomic E-state index is -1.82. The molecule has 0 spiro atoms. The summed E-state index contributed by atoms with van der Waals surface area (Å²) in [5.41, 5.74) is 0.727. The summed E-state index contributed by atoms with van der Waals surface area (Å²) >= 11 is 0. The quantitative estimate of drug-likeness (QED) is 0.430. The second kappa shape index (κ2) is 8.13. The Morgan fingerprint density at radius 2 is 2.16 bits per heavy atom. The number of hydrogen-bond acceptors (Lipinski definition) is 5. The van der Waals surface area contributed by atoms with Crippen molar-refractivity contribution in [3.8, 4) is 11.3 Å². The number of carbonyl (C=O) groups excluding carboxylic acids is 1. The number of benzene rings is 1. The van der Waals surface area contributed by atoms with Crippen molar-refractivity contribution in [2.24, 2.45) is 0 Å². The summed E-state index contributed by atoms with van der Waals surface area (Å²) < 4.78 is 30.6. The first-order valence-corrected chi connectivity index (χ1v) is 7.43. The van der Waals surface area contributed by atoms with Crippen LogP contribution >= 0.6 is 0 Å². The third kappa shape index (κ3) is 4.69. The number of nitrogens with zero attached hydrogens (tertiary/aromatic N) is 3. The number of non-ortho nitro benzene ring substituents is 1. The lowest BCUT2D eigenvalue weighted by molar-refractivity contribution is -0.384. The van der Waals surface area contributed by atoms with Crippen molar-refractivity contribution < 1.29 is 23.2 Å². The molecule has 9 heteroatoms. The maximum Gasteiger partial charge on any atom is 0.356 e. The van der Waals surface area contributed by atoms with Gasteiger partial charge < -0.3 is 4.74 Å². The van der Waals surface area contributed by atoms with Crippen molar-refractivity contribution in [3.63, 3.8) is 0 Å². The highest BCUT2D eigenvalue weighted by atomic mass is 19.3. The molecule has 7 nitrogen and oxygen atoms in total. The molecule has 0 atom stereocenters. The summed E-state index contributed by atoms with van der Waals surface area (Å²) in [4.78, 5) is 22.4. The SMILES string of the molecule is CCOC(=O)c1cc(-c2cccc([N+](=O)[O-])c2)nn1CCC=C(F)F. The molecular weight excluding hydrogens is 336 g/mol. The monoisotopic (exact) mass is 351 g/mol. The predicted molar refractivity (Wildman–Crippen MR) is 85.2 cm³/mol. The fourth-order valence-electron chi connectivity index (χ4n) is 2.17. The van der Waals surface area contributed by atoms with Gasteiger partial charge in [0.05, 0.1) is 17.2 Å². The van der Waals surface area contributed by atoms with E-state index in [4.69, 9.17) is 4.74 Å². The number of aryl methyl sites for hydroxylation is 1. The third-order valence-corrected chi connectivity index (χ3v) is 3.26. The molecule has 0 fully saturated rings. The molecule has 0 N–H and O–H groups in total. The largest absolute Gasteiger partial charge is 0.461 e. The van der Waals surface area contributed by atoms with Crippen LogP contribution in [-0.2, 0) is 11.3 Å². The van der Waals surface area contributed by atoms with Gasteiger partial charge in [0.1, 0.15) is 5.69 Å². The Hall–Kier alpha value is -3.10. The van der Waals surface area contributed by atoms with E-state index in [9.17, 15) is 23.7 Å².